The van der Waals surface area contributed by atoms with E-state index in [1.807, 2.05) is 72.5 Å². The molecule has 2 atom stereocenters. The highest BCUT2D eigenvalue weighted by atomic mass is 79.9. The molecule has 0 radical (unpaired) electrons. The van der Waals surface area contributed by atoms with Gasteiger partial charge in [0.25, 0.3) is 5.82 Å². The van der Waals surface area contributed by atoms with E-state index >= 15 is 0 Å². The lowest BCUT2D eigenvalue weighted by Gasteiger charge is -2.38. The average molecular weight is 687 g/mol. The monoisotopic (exact) mass is 685 g/mol. The molecule has 1 aliphatic heterocycles. The first-order chi connectivity index (χ1) is 22.5. The normalized spacial score (nSPS) is 16.3. The maximum absolute atomic E-state index is 14.2. The van der Waals surface area contributed by atoms with Gasteiger partial charge >= 0.3 is 0 Å². The summed E-state index contributed by atoms with van der Waals surface area (Å²) >= 11 is 0. The zero-order valence-corrected chi connectivity index (χ0v) is 28.1. The molecular weight excluding hydrogens is 650 g/mol. The number of rotatable bonds is 7. The van der Waals surface area contributed by atoms with Crippen LogP contribution < -0.4 is 31.2 Å². The Labute approximate surface area is 285 Å². The maximum Gasteiger partial charge on any atom is 0.254 e. The number of aromatic nitrogens is 2. The molecule has 1 aliphatic carbocycles. The summed E-state index contributed by atoms with van der Waals surface area (Å²) in [7, 11) is 1.68. The van der Waals surface area contributed by atoms with Gasteiger partial charge in [-0.3, -0.25) is 9.59 Å². The SMILES string of the molecule is COc1cccc2c1N(C(=O)CCn1c(C)[n+](CC(=O)c3ccc4ccccc4c3)c3ccccc31)C[C@@H]1Cc3ccccc3[C@H]21.[Br-]. The van der Waals surface area contributed by atoms with Gasteiger partial charge in [0, 0.05) is 24.9 Å². The number of halogens is 1. The molecule has 1 aromatic heterocycles. The number of benzene rings is 5. The summed E-state index contributed by atoms with van der Waals surface area (Å²) in [5.74, 6) is 2.42. The highest BCUT2D eigenvalue weighted by molar-refractivity contribution is 5.99. The number of imidazole rings is 1. The van der Waals surface area contributed by atoms with Crippen LogP contribution in [0.2, 0.25) is 0 Å². The number of anilines is 1. The predicted octanol–water partition coefficient (Wildman–Crippen LogP) is 4.03. The van der Waals surface area contributed by atoms with Crippen molar-refractivity contribution >= 4 is 39.2 Å². The molecule has 6 nitrogen and oxygen atoms in total. The molecule has 2 aliphatic rings. The first-order valence-electron chi connectivity index (χ1n) is 16.1. The molecule has 236 valence electrons. The zero-order valence-electron chi connectivity index (χ0n) is 26.5. The fraction of sp³-hybridized carbons (Fsp3) is 0.225. The number of methoxy groups -OCH3 is 1. The molecule has 0 spiro atoms. The Bertz CT molecular complexity index is 2170. The lowest BCUT2D eigenvalue weighted by atomic mass is 9.81. The Morgan fingerprint density at radius 1 is 0.851 bits per heavy atom. The van der Waals surface area contributed by atoms with Gasteiger partial charge in [0.2, 0.25) is 11.7 Å². The largest absolute Gasteiger partial charge is 1.00 e. The second kappa shape index (κ2) is 12.5. The number of nitrogens with zero attached hydrogens (tertiary/aromatic N) is 3. The molecule has 6 aromatic rings. The summed E-state index contributed by atoms with van der Waals surface area (Å²) in [4.78, 5) is 29.7. The molecule has 0 saturated carbocycles. The van der Waals surface area contributed by atoms with Crippen LogP contribution in [0, 0.1) is 12.8 Å². The average Bonchev–Trinajstić information content (AvgIpc) is 3.60. The van der Waals surface area contributed by atoms with Crippen molar-refractivity contribution < 1.29 is 35.9 Å². The summed E-state index contributed by atoms with van der Waals surface area (Å²) in [5, 5.41) is 2.17. The van der Waals surface area contributed by atoms with Crippen molar-refractivity contribution in [3.05, 3.63) is 137 Å². The zero-order chi connectivity index (χ0) is 31.4. The summed E-state index contributed by atoms with van der Waals surface area (Å²) in [6, 6.07) is 37.0. The smallest absolute Gasteiger partial charge is 0.254 e. The summed E-state index contributed by atoms with van der Waals surface area (Å²) < 4.78 is 10.1. The number of amides is 1. The maximum atomic E-state index is 14.2. The second-order valence-corrected chi connectivity index (χ2v) is 12.6. The number of carbonyl (C=O) groups is 2. The number of fused-ring (bicyclic) bond motifs is 7. The van der Waals surface area contributed by atoms with E-state index in [-0.39, 0.29) is 41.1 Å². The van der Waals surface area contributed by atoms with Crippen molar-refractivity contribution in [2.45, 2.75) is 38.8 Å². The van der Waals surface area contributed by atoms with Crippen molar-refractivity contribution in [3.8, 4) is 5.75 Å². The van der Waals surface area contributed by atoms with Crippen LogP contribution in [0.3, 0.4) is 0 Å². The summed E-state index contributed by atoms with van der Waals surface area (Å²) in [6.07, 6.45) is 1.30. The summed E-state index contributed by atoms with van der Waals surface area (Å²) in [6.45, 7) is 3.44. The van der Waals surface area contributed by atoms with Gasteiger partial charge in [-0.1, -0.05) is 84.9 Å². The molecule has 0 fully saturated rings. The van der Waals surface area contributed by atoms with Crippen LogP contribution in [0.4, 0.5) is 5.69 Å². The molecule has 0 N–H and O–H groups in total. The van der Waals surface area contributed by atoms with E-state index in [9.17, 15) is 9.59 Å². The lowest BCUT2D eigenvalue weighted by molar-refractivity contribution is -0.664. The van der Waals surface area contributed by atoms with E-state index in [1.54, 1.807) is 7.11 Å². The first kappa shape index (κ1) is 30.9. The second-order valence-electron chi connectivity index (χ2n) is 12.6. The van der Waals surface area contributed by atoms with Crippen LogP contribution in [0.5, 0.6) is 5.75 Å². The van der Waals surface area contributed by atoms with Crippen molar-refractivity contribution in [2.24, 2.45) is 5.92 Å². The van der Waals surface area contributed by atoms with Crippen LogP contribution in [0.15, 0.2) is 109 Å². The van der Waals surface area contributed by atoms with Gasteiger partial charge in [-0.25, -0.2) is 9.13 Å². The third-order valence-electron chi connectivity index (χ3n) is 10.1. The molecule has 7 heteroatoms. The number of para-hydroxylation sites is 3. The van der Waals surface area contributed by atoms with Gasteiger partial charge < -0.3 is 26.6 Å². The first-order valence-corrected chi connectivity index (χ1v) is 16.1. The van der Waals surface area contributed by atoms with E-state index in [4.69, 9.17) is 4.74 Å². The topological polar surface area (TPSA) is 55.4 Å². The van der Waals surface area contributed by atoms with Crippen molar-refractivity contribution in [2.75, 3.05) is 18.6 Å². The van der Waals surface area contributed by atoms with E-state index < -0.39 is 0 Å². The number of hydrogen-bond acceptors (Lipinski definition) is 3. The molecule has 0 unspecified atom stereocenters. The van der Waals surface area contributed by atoms with E-state index in [2.05, 4.69) is 57.7 Å². The Balaban J connectivity index is 0.00000351. The standard InChI is InChI=1S/C40H36N3O3.BrH/c1-26-41(34-15-7-8-16-35(34)42(26)25-36(44)30-19-18-27-10-3-4-11-28(27)22-30)21-20-38(45)43-24-31-23-29-12-5-6-13-32(29)39(31)33-14-9-17-37(46-2)40(33)43;/h3-19,22,31,39H,20-21,23-25H2,1-2H3;1H/q+1;/p-1/t31-,39+;/m0./s1. The Morgan fingerprint density at radius 3 is 2.45 bits per heavy atom. The minimum absolute atomic E-state index is 0. The van der Waals surface area contributed by atoms with Crippen molar-refractivity contribution in [1.82, 2.24) is 4.57 Å². The molecule has 0 bridgehead atoms. The number of Topliss-reactive ketones (excluding diaryl/α,β-unsaturated/α-hetero) is 1. The number of carbonyl (C=O) groups excluding carboxylic acids is 2. The van der Waals surface area contributed by atoms with Gasteiger partial charge in [0.1, 0.15) is 5.75 Å². The fourth-order valence-corrected chi connectivity index (χ4v) is 7.90. The molecule has 0 saturated heterocycles. The molecular formula is C40H36BrN3O3. The predicted molar refractivity (Wildman–Crippen MR) is 181 cm³/mol. The van der Waals surface area contributed by atoms with Crippen LogP contribution in [0.25, 0.3) is 21.8 Å². The molecule has 2 heterocycles. The van der Waals surface area contributed by atoms with Gasteiger partial charge in [-0.05, 0) is 64.1 Å². The van der Waals surface area contributed by atoms with E-state index in [1.165, 1.54) is 16.7 Å². The third-order valence-corrected chi connectivity index (χ3v) is 10.1. The van der Waals surface area contributed by atoms with Crippen LogP contribution in [-0.4, -0.2) is 29.9 Å². The van der Waals surface area contributed by atoms with Crippen molar-refractivity contribution in [1.29, 1.82) is 0 Å². The number of ketones is 1. The minimum Gasteiger partial charge on any atom is -1.00 e. The van der Waals surface area contributed by atoms with Crippen LogP contribution >= 0.6 is 0 Å². The molecule has 8 rings (SSSR count). The fourth-order valence-electron chi connectivity index (χ4n) is 7.90. The van der Waals surface area contributed by atoms with Gasteiger partial charge in [-0.15, -0.1) is 0 Å². The van der Waals surface area contributed by atoms with E-state index in [0.717, 1.165) is 45.5 Å². The Kier molecular flexibility index (Phi) is 8.18. The van der Waals surface area contributed by atoms with E-state index in [0.29, 0.717) is 31.0 Å². The molecule has 47 heavy (non-hydrogen) atoms. The molecule has 1 amide bonds. The van der Waals surface area contributed by atoms with Crippen LogP contribution in [0.1, 0.15) is 45.2 Å². The molecule has 5 aromatic carbocycles. The highest BCUT2D eigenvalue weighted by Gasteiger charge is 2.42. The van der Waals surface area contributed by atoms with Gasteiger partial charge in [0.15, 0.2) is 17.6 Å². The lowest BCUT2D eigenvalue weighted by Crippen LogP contribution is -3.00. The summed E-state index contributed by atoms with van der Waals surface area (Å²) in [5.41, 5.74) is 7.51. The number of hydrogen-bond donors (Lipinski definition) is 0. The van der Waals surface area contributed by atoms with Gasteiger partial charge in [-0.2, -0.15) is 0 Å². The van der Waals surface area contributed by atoms with Crippen LogP contribution in [-0.2, 0) is 24.3 Å². The Hall–Kier alpha value is -4.75. The number of ether oxygens (including phenoxy) is 1. The highest BCUT2D eigenvalue weighted by Crippen LogP contribution is 2.52. The van der Waals surface area contributed by atoms with Crippen molar-refractivity contribution in [3.63, 3.8) is 0 Å². The minimum atomic E-state index is 0. The quantitative estimate of drug-likeness (QED) is 0.189. The third kappa shape index (κ3) is 5.23. The number of aryl methyl sites for hydroxylation is 1. The van der Waals surface area contributed by atoms with Gasteiger partial charge in [0.05, 0.1) is 25.8 Å². The Morgan fingerprint density at radius 2 is 1.60 bits per heavy atom.